The maximum absolute atomic E-state index is 13.3. The van der Waals surface area contributed by atoms with Gasteiger partial charge in [0, 0.05) is 86.6 Å². The Balaban J connectivity index is 0.000000217. The van der Waals surface area contributed by atoms with E-state index in [2.05, 4.69) is 10.6 Å². The molecule has 2 aromatic heterocycles. The predicted molar refractivity (Wildman–Crippen MR) is 289 cm³/mol. The molecule has 0 saturated heterocycles. The van der Waals surface area contributed by atoms with Gasteiger partial charge in [-0.2, -0.15) is 0 Å². The number of amides is 2. The van der Waals surface area contributed by atoms with Crippen LogP contribution in [0.1, 0.15) is 66.3 Å². The number of hydrogen-bond acceptors (Lipinski definition) is 11. The normalized spacial score (nSPS) is 12.1. The Morgan fingerprint density at radius 1 is 0.581 bits per heavy atom. The van der Waals surface area contributed by atoms with Crippen molar-refractivity contribution >= 4 is 56.8 Å². The summed E-state index contributed by atoms with van der Waals surface area (Å²) in [5.41, 5.74) is 5.75. The minimum absolute atomic E-state index is 0.00702. The van der Waals surface area contributed by atoms with Crippen molar-refractivity contribution in [1.82, 2.24) is 29.6 Å². The second-order valence-electron chi connectivity index (χ2n) is 18.2. The molecular formula is C57H58Cl2N6O9. The van der Waals surface area contributed by atoms with Crippen LogP contribution in [0, 0.1) is 0 Å². The van der Waals surface area contributed by atoms with Gasteiger partial charge in [0.05, 0.1) is 30.4 Å². The molecule has 0 spiro atoms. The number of phenolic OH excluding ortho intramolecular Hbond substituents is 2. The Bertz CT molecular complexity index is 3400. The lowest BCUT2D eigenvalue weighted by atomic mass is 10.1. The second kappa shape index (κ2) is 24.5. The molecule has 0 bridgehead atoms. The maximum Gasteiger partial charge on any atom is 0.257 e. The number of ether oxygens (including phenoxy) is 1. The van der Waals surface area contributed by atoms with Crippen molar-refractivity contribution in [3.63, 3.8) is 0 Å². The molecule has 2 heterocycles. The summed E-state index contributed by atoms with van der Waals surface area (Å²) in [5, 5.41) is 48.2. The first kappa shape index (κ1) is 54.3. The molecule has 0 saturated carbocycles. The number of phenols is 2. The third kappa shape index (κ3) is 13.8. The molecule has 8 rings (SSSR count). The number of pyridine rings is 2. The number of aliphatic hydroxyl groups is 2. The molecule has 74 heavy (non-hydrogen) atoms. The molecule has 8 aromatic rings. The number of aromatic nitrogens is 2. The molecule has 17 heteroatoms. The standard InChI is InChI=1S/C29H30ClN3O5.C28H28ClN3O4/c1-32(17-26(35)20-7-11-25(34)27(13-20)38-3)15-19-6-10-24-22(12-19)28(36)23(16-33(24)2)29(37)31-14-18-4-8-21(30)9-5-18;1-31(17-26(34)20-6-10-22(33)11-7-20)15-19-5-12-25-23(13-19)27(35)24(16-32(25)2)28(36)30-14-18-3-8-21(29)9-4-18/h4-13,16,26,34-35H,14-15,17H2,1-3H3,(H,31,37);3-13,16,26,33-34H,14-15,17H2,1-2H3,(H,30,36). The van der Waals surface area contributed by atoms with Crippen molar-refractivity contribution in [2.75, 3.05) is 34.3 Å². The number of aromatic hydroxyl groups is 2. The number of likely N-dealkylation sites (N-methyl/N-ethyl adjacent to an activating group) is 2. The average Bonchev–Trinajstić information content (AvgIpc) is 3.38. The zero-order valence-corrected chi connectivity index (χ0v) is 43.1. The minimum Gasteiger partial charge on any atom is -0.508 e. The minimum atomic E-state index is -0.807. The average molecular weight is 1040 g/mol. The van der Waals surface area contributed by atoms with E-state index in [4.69, 9.17) is 27.9 Å². The van der Waals surface area contributed by atoms with Crippen LogP contribution in [0.15, 0.2) is 149 Å². The number of carbonyl (C=O) groups excluding carboxylic acids is 2. The van der Waals surface area contributed by atoms with Crippen LogP contribution in [0.5, 0.6) is 17.2 Å². The van der Waals surface area contributed by atoms with Gasteiger partial charge in [0.25, 0.3) is 11.8 Å². The van der Waals surface area contributed by atoms with E-state index < -0.39 is 24.0 Å². The molecule has 0 radical (unpaired) electrons. The number of carbonyl (C=O) groups is 2. The lowest BCUT2D eigenvalue weighted by Crippen LogP contribution is -2.29. The third-order valence-electron chi connectivity index (χ3n) is 12.5. The molecule has 0 fully saturated rings. The summed E-state index contributed by atoms with van der Waals surface area (Å²) >= 11 is 11.8. The van der Waals surface area contributed by atoms with Crippen molar-refractivity contribution in [1.29, 1.82) is 0 Å². The van der Waals surface area contributed by atoms with Crippen molar-refractivity contribution in [3.8, 4) is 17.2 Å². The fourth-order valence-electron chi connectivity index (χ4n) is 8.51. The maximum atomic E-state index is 13.3. The quantitative estimate of drug-likeness (QED) is 0.0517. The van der Waals surface area contributed by atoms with Gasteiger partial charge in [0.1, 0.15) is 16.9 Å². The van der Waals surface area contributed by atoms with Gasteiger partial charge in [0.2, 0.25) is 10.9 Å². The Kier molecular flexibility index (Phi) is 18.0. The van der Waals surface area contributed by atoms with Crippen LogP contribution < -0.4 is 26.2 Å². The summed E-state index contributed by atoms with van der Waals surface area (Å²) in [6.45, 7) is 2.22. The predicted octanol–water partition coefficient (Wildman–Crippen LogP) is 7.99. The Morgan fingerprint density at radius 2 is 0.986 bits per heavy atom. The number of hydrogen-bond donors (Lipinski definition) is 6. The fourth-order valence-corrected chi connectivity index (χ4v) is 8.76. The van der Waals surface area contributed by atoms with Crippen LogP contribution in [0.25, 0.3) is 21.8 Å². The molecule has 0 aliphatic rings. The number of rotatable bonds is 17. The lowest BCUT2D eigenvalue weighted by Gasteiger charge is -2.21. The number of aliphatic hydroxyl groups excluding tert-OH is 2. The summed E-state index contributed by atoms with van der Waals surface area (Å²) in [6.07, 6.45) is 1.58. The number of fused-ring (bicyclic) bond motifs is 2. The number of methoxy groups -OCH3 is 1. The van der Waals surface area contributed by atoms with Crippen LogP contribution in [0.4, 0.5) is 0 Å². The van der Waals surface area contributed by atoms with Crippen LogP contribution in [-0.4, -0.2) is 85.5 Å². The highest BCUT2D eigenvalue weighted by Gasteiger charge is 2.19. The molecule has 6 aromatic carbocycles. The highest BCUT2D eigenvalue weighted by Crippen LogP contribution is 2.29. The fraction of sp³-hybridized carbons (Fsp3) is 0.228. The van der Waals surface area contributed by atoms with Crippen molar-refractivity contribution in [3.05, 3.63) is 215 Å². The van der Waals surface area contributed by atoms with Crippen LogP contribution in [0.2, 0.25) is 10.0 Å². The number of halogens is 2. The first-order valence-corrected chi connectivity index (χ1v) is 24.3. The van der Waals surface area contributed by atoms with Crippen molar-refractivity contribution in [2.24, 2.45) is 14.1 Å². The van der Waals surface area contributed by atoms with E-state index in [1.807, 2.05) is 72.4 Å². The summed E-state index contributed by atoms with van der Waals surface area (Å²) in [5.74, 6) is -0.436. The number of nitrogens with zero attached hydrogens (tertiary/aromatic N) is 4. The molecule has 2 atom stereocenters. The molecule has 384 valence electrons. The van der Waals surface area contributed by atoms with Crippen LogP contribution in [-0.2, 0) is 40.3 Å². The van der Waals surface area contributed by atoms with Gasteiger partial charge in [-0.15, -0.1) is 0 Å². The van der Waals surface area contributed by atoms with E-state index in [0.717, 1.165) is 27.8 Å². The highest BCUT2D eigenvalue weighted by atomic mass is 35.5. The summed E-state index contributed by atoms with van der Waals surface area (Å²) in [6, 6.07) is 36.7. The van der Waals surface area contributed by atoms with E-state index in [0.29, 0.717) is 69.4 Å². The summed E-state index contributed by atoms with van der Waals surface area (Å²) in [7, 11) is 8.80. The highest BCUT2D eigenvalue weighted by molar-refractivity contribution is 6.30. The van der Waals surface area contributed by atoms with Gasteiger partial charge >= 0.3 is 0 Å². The summed E-state index contributed by atoms with van der Waals surface area (Å²) < 4.78 is 8.67. The van der Waals surface area contributed by atoms with Crippen LogP contribution in [0.3, 0.4) is 0 Å². The van der Waals surface area contributed by atoms with Gasteiger partial charge in [-0.25, -0.2) is 0 Å². The van der Waals surface area contributed by atoms with Gasteiger partial charge in [0.15, 0.2) is 11.5 Å². The molecular weight excluding hydrogens is 984 g/mol. The van der Waals surface area contributed by atoms with E-state index in [-0.39, 0.29) is 46.6 Å². The molecule has 0 aliphatic heterocycles. The first-order valence-electron chi connectivity index (χ1n) is 23.6. The SMILES string of the molecule is CN(Cc1ccc2c(c1)c(=O)c(C(=O)NCc1ccc(Cl)cc1)cn2C)CC(O)c1ccc(O)cc1.COc1cc(C(O)CN(C)Cc2ccc3c(c2)c(=O)c(C(=O)NCc2ccc(Cl)cc2)cn3C)ccc1O. The zero-order valence-electron chi connectivity index (χ0n) is 41.6. The molecule has 15 nitrogen and oxygen atoms in total. The molecule has 6 N–H and O–H groups in total. The number of nitrogens with one attached hydrogen (secondary N) is 2. The van der Waals surface area contributed by atoms with Crippen molar-refractivity contribution < 1.29 is 34.8 Å². The molecule has 2 unspecified atom stereocenters. The monoisotopic (exact) mass is 1040 g/mol. The van der Waals surface area contributed by atoms with Gasteiger partial charge in [-0.05, 0) is 120 Å². The van der Waals surface area contributed by atoms with E-state index in [1.54, 1.807) is 108 Å². The van der Waals surface area contributed by atoms with E-state index in [1.165, 1.54) is 13.2 Å². The smallest absolute Gasteiger partial charge is 0.257 e. The van der Waals surface area contributed by atoms with Crippen molar-refractivity contribution in [2.45, 2.75) is 38.4 Å². The number of benzene rings is 6. The largest absolute Gasteiger partial charge is 0.508 e. The van der Waals surface area contributed by atoms with Gasteiger partial charge < -0.3 is 44.9 Å². The van der Waals surface area contributed by atoms with E-state index in [9.17, 15) is 39.6 Å². The zero-order chi connectivity index (χ0) is 53.2. The Labute approximate surface area is 438 Å². The molecule has 2 amide bonds. The van der Waals surface area contributed by atoms with Gasteiger partial charge in [-0.1, -0.05) is 77.8 Å². The summed E-state index contributed by atoms with van der Waals surface area (Å²) in [4.78, 5) is 56.1. The lowest BCUT2D eigenvalue weighted by molar-refractivity contribution is 0.0941. The van der Waals surface area contributed by atoms with Gasteiger partial charge in [-0.3, -0.25) is 29.0 Å². The Hall–Kier alpha value is -7.50. The number of aryl methyl sites for hydroxylation is 2. The first-order chi connectivity index (χ1) is 35.4. The third-order valence-corrected chi connectivity index (χ3v) is 13.0. The van der Waals surface area contributed by atoms with Crippen LogP contribution >= 0.6 is 23.2 Å². The molecule has 0 aliphatic carbocycles. The van der Waals surface area contributed by atoms with E-state index >= 15 is 0 Å². The second-order valence-corrected chi connectivity index (χ2v) is 19.1. The topological polar surface area (TPSA) is 199 Å². The Morgan fingerprint density at radius 3 is 1.42 bits per heavy atom.